The summed E-state index contributed by atoms with van der Waals surface area (Å²) in [6.45, 7) is 9.85. The van der Waals surface area contributed by atoms with E-state index in [1.165, 1.54) is 7.11 Å². The highest BCUT2D eigenvalue weighted by Gasteiger charge is 2.23. The van der Waals surface area contributed by atoms with Crippen LogP contribution in [-0.2, 0) is 9.53 Å². The molecule has 0 bridgehead atoms. The smallest absolute Gasteiger partial charge is 0.407 e. The Hall–Kier alpha value is -1.26. The van der Waals surface area contributed by atoms with Gasteiger partial charge in [-0.25, -0.2) is 4.79 Å². The molecule has 0 heterocycles. The second-order valence-electron chi connectivity index (χ2n) is 4.11. The van der Waals surface area contributed by atoms with E-state index in [0.717, 1.165) is 25.7 Å². The van der Waals surface area contributed by atoms with Gasteiger partial charge in [-0.15, -0.1) is 0 Å². The lowest BCUT2D eigenvalue weighted by Gasteiger charge is -2.29. The van der Waals surface area contributed by atoms with Crippen molar-refractivity contribution in [2.24, 2.45) is 0 Å². The highest BCUT2D eigenvalue weighted by atomic mass is 16.5. The molecule has 1 fully saturated rings. The van der Waals surface area contributed by atoms with Crippen LogP contribution in [0.2, 0.25) is 0 Å². The molecule has 1 saturated carbocycles. The van der Waals surface area contributed by atoms with E-state index in [2.05, 4.69) is 15.4 Å². The first-order valence-electron chi connectivity index (χ1n) is 7.79. The molecule has 120 valence electrons. The summed E-state index contributed by atoms with van der Waals surface area (Å²) < 4.78 is 4.54. The minimum atomic E-state index is -0.374. The van der Waals surface area contributed by atoms with Crippen LogP contribution in [-0.4, -0.2) is 31.2 Å². The lowest BCUT2D eigenvalue weighted by molar-refractivity contribution is -0.121. The standard InChI is InChI=1S/C11H20N2O3.2C2H6/c1-3-10(14)12-8-4-6-9(7-5-8)13-11(15)16-2;2*1-2/h8-9H,3-7H2,1-2H3,(H,12,14)(H,13,15);2*1-2H3. The highest BCUT2D eigenvalue weighted by Crippen LogP contribution is 2.18. The average Bonchev–Trinajstić information content (AvgIpc) is 2.53. The lowest BCUT2D eigenvalue weighted by Crippen LogP contribution is -2.43. The summed E-state index contributed by atoms with van der Waals surface area (Å²) >= 11 is 0. The van der Waals surface area contributed by atoms with E-state index >= 15 is 0 Å². The van der Waals surface area contributed by atoms with Crippen molar-refractivity contribution < 1.29 is 14.3 Å². The Balaban J connectivity index is 0. The van der Waals surface area contributed by atoms with Crippen molar-refractivity contribution >= 4 is 12.0 Å². The third-order valence-electron chi connectivity index (χ3n) is 2.92. The molecule has 2 amide bonds. The van der Waals surface area contributed by atoms with Gasteiger partial charge in [-0.1, -0.05) is 34.6 Å². The van der Waals surface area contributed by atoms with Crippen LogP contribution in [0.1, 0.15) is 66.7 Å². The topological polar surface area (TPSA) is 67.4 Å². The number of rotatable bonds is 3. The van der Waals surface area contributed by atoms with Gasteiger partial charge in [0, 0.05) is 18.5 Å². The molecule has 0 spiro atoms. The maximum atomic E-state index is 11.2. The minimum Gasteiger partial charge on any atom is -0.453 e. The van der Waals surface area contributed by atoms with Crippen molar-refractivity contribution in [3.8, 4) is 0 Å². The Morgan fingerprint density at radius 1 is 0.950 bits per heavy atom. The fourth-order valence-corrected chi connectivity index (χ4v) is 1.94. The second-order valence-corrected chi connectivity index (χ2v) is 4.11. The Morgan fingerprint density at radius 3 is 1.70 bits per heavy atom. The predicted octanol–water partition coefficient (Wildman–Crippen LogP) is 3.23. The summed E-state index contributed by atoms with van der Waals surface area (Å²) in [6, 6.07) is 0.449. The molecule has 1 rings (SSSR count). The van der Waals surface area contributed by atoms with E-state index in [9.17, 15) is 9.59 Å². The average molecular weight is 288 g/mol. The van der Waals surface area contributed by atoms with Crippen molar-refractivity contribution in [1.29, 1.82) is 0 Å². The van der Waals surface area contributed by atoms with E-state index < -0.39 is 0 Å². The van der Waals surface area contributed by atoms with Crippen LogP contribution in [0.4, 0.5) is 4.79 Å². The summed E-state index contributed by atoms with van der Waals surface area (Å²) in [4.78, 5) is 22.2. The van der Waals surface area contributed by atoms with Crippen LogP contribution in [0.5, 0.6) is 0 Å². The molecule has 0 aromatic heterocycles. The highest BCUT2D eigenvalue weighted by molar-refractivity contribution is 5.75. The van der Waals surface area contributed by atoms with E-state index in [1.807, 2.05) is 34.6 Å². The molecular weight excluding hydrogens is 256 g/mol. The summed E-state index contributed by atoms with van der Waals surface area (Å²) in [6.07, 6.45) is 3.77. The van der Waals surface area contributed by atoms with Gasteiger partial charge in [-0.3, -0.25) is 4.79 Å². The second kappa shape index (κ2) is 14.2. The van der Waals surface area contributed by atoms with Crippen LogP contribution in [0.3, 0.4) is 0 Å². The van der Waals surface area contributed by atoms with Crippen molar-refractivity contribution in [3.63, 3.8) is 0 Å². The molecule has 1 aliphatic rings. The Kier molecular flexibility index (Phi) is 14.9. The van der Waals surface area contributed by atoms with Crippen LogP contribution < -0.4 is 10.6 Å². The number of nitrogens with one attached hydrogen (secondary N) is 2. The molecule has 0 atom stereocenters. The first-order valence-corrected chi connectivity index (χ1v) is 7.79. The number of hydrogen-bond donors (Lipinski definition) is 2. The zero-order valence-electron chi connectivity index (χ0n) is 13.9. The number of carbonyl (C=O) groups excluding carboxylic acids is 2. The zero-order chi connectivity index (χ0) is 16.0. The Bertz CT molecular complexity index is 224. The van der Waals surface area contributed by atoms with Crippen LogP contribution >= 0.6 is 0 Å². The molecule has 0 saturated heterocycles. The third-order valence-corrected chi connectivity index (χ3v) is 2.92. The lowest BCUT2D eigenvalue weighted by atomic mass is 9.91. The summed E-state index contributed by atoms with van der Waals surface area (Å²) in [7, 11) is 1.36. The number of ether oxygens (including phenoxy) is 1. The monoisotopic (exact) mass is 288 g/mol. The van der Waals surface area contributed by atoms with Gasteiger partial charge in [-0.2, -0.15) is 0 Å². The molecule has 1 aliphatic carbocycles. The number of alkyl carbamates (subject to hydrolysis) is 1. The van der Waals surface area contributed by atoms with Gasteiger partial charge in [0.05, 0.1) is 7.11 Å². The third kappa shape index (κ3) is 9.64. The van der Waals surface area contributed by atoms with E-state index in [4.69, 9.17) is 0 Å². The van der Waals surface area contributed by atoms with Crippen LogP contribution in [0, 0.1) is 0 Å². The van der Waals surface area contributed by atoms with Gasteiger partial charge in [-0.05, 0) is 25.7 Å². The minimum absolute atomic E-state index is 0.101. The number of carbonyl (C=O) groups is 2. The first-order chi connectivity index (χ1) is 9.65. The van der Waals surface area contributed by atoms with Crippen molar-refractivity contribution in [1.82, 2.24) is 10.6 Å². The number of amides is 2. The largest absolute Gasteiger partial charge is 0.453 e. The normalized spacial score (nSPS) is 20.3. The molecule has 0 aliphatic heterocycles. The van der Waals surface area contributed by atoms with Gasteiger partial charge in [0.1, 0.15) is 0 Å². The molecule has 20 heavy (non-hydrogen) atoms. The molecule has 0 radical (unpaired) electrons. The van der Waals surface area contributed by atoms with Crippen LogP contribution in [0.25, 0.3) is 0 Å². The van der Waals surface area contributed by atoms with Crippen LogP contribution in [0.15, 0.2) is 0 Å². The zero-order valence-corrected chi connectivity index (χ0v) is 13.9. The summed E-state index contributed by atoms with van der Waals surface area (Å²) in [5, 5.41) is 5.76. The van der Waals surface area contributed by atoms with E-state index in [-0.39, 0.29) is 24.1 Å². The summed E-state index contributed by atoms with van der Waals surface area (Å²) in [5.74, 6) is 0.101. The summed E-state index contributed by atoms with van der Waals surface area (Å²) in [5.41, 5.74) is 0. The Labute approximate surface area is 123 Å². The van der Waals surface area contributed by atoms with Crippen molar-refractivity contribution in [3.05, 3.63) is 0 Å². The molecule has 5 heteroatoms. The van der Waals surface area contributed by atoms with E-state index in [0.29, 0.717) is 6.42 Å². The molecule has 5 nitrogen and oxygen atoms in total. The maximum absolute atomic E-state index is 11.2. The first kappa shape index (κ1) is 21.0. The van der Waals surface area contributed by atoms with Gasteiger partial charge in [0.2, 0.25) is 5.91 Å². The quantitative estimate of drug-likeness (QED) is 0.837. The van der Waals surface area contributed by atoms with Gasteiger partial charge < -0.3 is 15.4 Å². The number of methoxy groups -OCH3 is 1. The maximum Gasteiger partial charge on any atom is 0.407 e. The SMILES string of the molecule is CC.CC.CCC(=O)NC1CCC(NC(=O)OC)CC1. The van der Waals surface area contributed by atoms with Crippen molar-refractivity contribution in [2.75, 3.05) is 7.11 Å². The number of hydrogen-bond acceptors (Lipinski definition) is 3. The predicted molar refractivity (Wildman–Crippen MR) is 82.7 cm³/mol. The molecular formula is C15H32N2O3. The van der Waals surface area contributed by atoms with Gasteiger partial charge in [0.25, 0.3) is 0 Å². The molecule has 0 unspecified atom stereocenters. The fourth-order valence-electron chi connectivity index (χ4n) is 1.94. The molecule has 0 aromatic rings. The Morgan fingerprint density at radius 2 is 1.35 bits per heavy atom. The fraction of sp³-hybridized carbons (Fsp3) is 0.867. The molecule has 2 N–H and O–H groups in total. The van der Waals surface area contributed by atoms with Gasteiger partial charge in [0.15, 0.2) is 0 Å². The van der Waals surface area contributed by atoms with Gasteiger partial charge >= 0.3 is 6.09 Å². The molecule has 0 aromatic carbocycles. The van der Waals surface area contributed by atoms with Crippen molar-refractivity contribution in [2.45, 2.75) is 78.8 Å². The van der Waals surface area contributed by atoms with E-state index in [1.54, 1.807) is 0 Å².